The average Bonchev–Trinajstić information content (AvgIpc) is 3.11. The molecular weight excluding hydrogens is 224 g/mol. The van der Waals surface area contributed by atoms with Gasteiger partial charge < -0.3 is 9.84 Å². The second-order valence-corrected chi connectivity index (χ2v) is 6.14. The van der Waals surface area contributed by atoms with E-state index in [1.165, 1.54) is 51.4 Å². The summed E-state index contributed by atoms with van der Waals surface area (Å²) in [4.78, 5) is 0. The Morgan fingerprint density at radius 2 is 1.50 bits per heavy atom. The van der Waals surface area contributed by atoms with E-state index in [1.807, 2.05) is 0 Å². The van der Waals surface area contributed by atoms with Crippen molar-refractivity contribution in [2.75, 3.05) is 0 Å². The van der Waals surface area contributed by atoms with Crippen LogP contribution in [0, 0.1) is 5.92 Å². The highest BCUT2D eigenvalue weighted by Gasteiger charge is 2.44. The largest absolute Gasteiger partial charge is 0.390 e. The molecular formula is C16H32O2. The topological polar surface area (TPSA) is 32.8 Å². The van der Waals surface area contributed by atoms with Crippen LogP contribution in [0.1, 0.15) is 78.6 Å². The van der Waals surface area contributed by atoms with Gasteiger partial charge >= 0.3 is 0 Å². The van der Waals surface area contributed by atoms with Crippen LogP contribution < -0.4 is 0 Å². The number of hydrogen-bond acceptors (Lipinski definition) is 2. The molecule has 1 saturated heterocycles. The van der Waals surface area contributed by atoms with Gasteiger partial charge in [-0.15, -0.1) is 0 Å². The summed E-state index contributed by atoms with van der Waals surface area (Å²) in [5, 5.41) is 9.83. The van der Waals surface area contributed by atoms with Gasteiger partial charge in [0, 0.05) is 0 Å². The standard InChI is InChI=1S/C16H32O2/c1-4-5-6-7-8-9-10-11-12-14-16(18-14)15(17)13(2)3/h13-17H,4-12H2,1-3H3. The van der Waals surface area contributed by atoms with Crippen LogP contribution >= 0.6 is 0 Å². The molecule has 0 radical (unpaired) electrons. The highest BCUT2D eigenvalue weighted by Crippen LogP contribution is 2.32. The van der Waals surface area contributed by atoms with Gasteiger partial charge in [-0.3, -0.25) is 0 Å². The zero-order valence-electron chi connectivity index (χ0n) is 12.5. The highest BCUT2D eigenvalue weighted by molar-refractivity contribution is 4.91. The Bertz CT molecular complexity index is 203. The minimum Gasteiger partial charge on any atom is -0.390 e. The molecule has 0 amide bonds. The first-order chi connectivity index (χ1) is 8.66. The third-order valence-electron chi connectivity index (χ3n) is 3.98. The van der Waals surface area contributed by atoms with Gasteiger partial charge in [0.05, 0.1) is 12.2 Å². The molecule has 1 aliphatic heterocycles. The lowest BCUT2D eigenvalue weighted by molar-refractivity contribution is 0.0922. The third kappa shape index (κ3) is 6.19. The van der Waals surface area contributed by atoms with Crippen LogP contribution in [0.2, 0.25) is 0 Å². The smallest absolute Gasteiger partial charge is 0.110 e. The predicted octanol–water partition coefficient (Wildman–Crippen LogP) is 4.30. The molecule has 2 nitrogen and oxygen atoms in total. The van der Waals surface area contributed by atoms with Gasteiger partial charge in [0.15, 0.2) is 0 Å². The second kappa shape index (κ2) is 8.92. The molecule has 0 bridgehead atoms. The molecule has 0 aliphatic carbocycles. The summed E-state index contributed by atoms with van der Waals surface area (Å²) in [5.41, 5.74) is 0. The van der Waals surface area contributed by atoms with Crippen molar-refractivity contribution in [3.05, 3.63) is 0 Å². The monoisotopic (exact) mass is 256 g/mol. The van der Waals surface area contributed by atoms with E-state index in [-0.39, 0.29) is 12.2 Å². The maximum atomic E-state index is 9.83. The van der Waals surface area contributed by atoms with E-state index in [2.05, 4.69) is 20.8 Å². The molecule has 1 fully saturated rings. The predicted molar refractivity (Wildman–Crippen MR) is 76.7 cm³/mol. The minimum atomic E-state index is -0.260. The van der Waals surface area contributed by atoms with Crippen molar-refractivity contribution in [1.82, 2.24) is 0 Å². The summed E-state index contributed by atoms with van der Waals surface area (Å²) in [5.74, 6) is 0.318. The van der Waals surface area contributed by atoms with Gasteiger partial charge in [0.2, 0.25) is 0 Å². The summed E-state index contributed by atoms with van der Waals surface area (Å²) >= 11 is 0. The second-order valence-electron chi connectivity index (χ2n) is 6.14. The molecule has 0 spiro atoms. The molecule has 1 aliphatic rings. The summed E-state index contributed by atoms with van der Waals surface area (Å²) in [6, 6.07) is 0. The lowest BCUT2D eigenvalue weighted by Crippen LogP contribution is -2.23. The summed E-state index contributed by atoms with van der Waals surface area (Å²) < 4.78 is 5.55. The van der Waals surface area contributed by atoms with Gasteiger partial charge in [0.25, 0.3) is 0 Å². The lowest BCUT2D eigenvalue weighted by Gasteiger charge is -2.10. The van der Waals surface area contributed by atoms with Gasteiger partial charge in [-0.05, 0) is 12.3 Å². The average molecular weight is 256 g/mol. The molecule has 3 unspecified atom stereocenters. The molecule has 0 aromatic rings. The third-order valence-corrected chi connectivity index (χ3v) is 3.98. The van der Waals surface area contributed by atoms with Crippen molar-refractivity contribution >= 4 is 0 Å². The van der Waals surface area contributed by atoms with Crippen molar-refractivity contribution in [1.29, 1.82) is 0 Å². The van der Waals surface area contributed by atoms with Crippen LogP contribution in [0.15, 0.2) is 0 Å². The fourth-order valence-electron chi connectivity index (χ4n) is 2.55. The Labute approximate surface area is 113 Å². The van der Waals surface area contributed by atoms with Gasteiger partial charge in [-0.2, -0.15) is 0 Å². The Balaban J connectivity index is 1.85. The van der Waals surface area contributed by atoms with Crippen molar-refractivity contribution in [3.8, 4) is 0 Å². The molecule has 1 N–H and O–H groups in total. The summed E-state index contributed by atoms with van der Waals surface area (Å²) in [6.45, 7) is 6.37. The van der Waals surface area contributed by atoms with Crippen molar-refractivity contribution < 1.29 is 9.84 Å². The molecule has 3 atom stereocenters. The van der Waals surface area contributed by atoms with E-state index in [9.17, 15) is 5.11 Å². The van der Waals surface area contributed by atoms with E-state index >= 15 is 0 Å². The maximum absolute atomic E-state index is 9.83. The SMILES string of the molecule is CCCCCCCCCCC1OC1C(O)C(C)C. The van der Waals surface area contributed by atoms with Crippen molar-refractivity contribution in [3.63, 3.8) is 0 Å². The highest BCUT2D eigenvalue weighted by atomic mass is 16.6. The van der Waals surface area contributed by atoms with Crippen molar-refractivity contribution in [2.45, 2.75) is 96.9 Å². The van der Waals surface area contributed by atoms with E-state index in [0.29, 0.717) is 12.0 Å². The molecule has 0 saturated carbocycles. The van der Waals surface area contributed by atoms with Crippen LogP contribution in [0.4, 0.5) is 0 Å². The number of aliphatic hydroxyl groups is 1. The van der Waals surface area contributed by atoms with Crippen molar-refractivity contribution in [2.24, 2.45) is 5.92 Å². The molecule has 0 aromatic carbocycles. The van der Waals surface area contributed by atoms with Gasteiger partial charge in [0.1, 0.15) is 6.10 Å². The number of ether oxygens (including phenoxy) is 1. The summed E-state index contributed by atoms with van der Waals surface area (Å²) in [6.07, 6.45) is 12.3. The van der Waals surface area contributed by atoms with Crippen LogP contribution in [0.5, 0.6) is 0 Å². The molecule has 18 heavy (non-hydrogen) atoms. The normalized spacial score (nSPS) is 24.5. The Morgan fingerprint density at radius 3 is 2.06 bits per heavy atom. The zero-order chi connectivity index (χ0) is 13.4. The number of aliphatic hydroxyl groups excluding tert-OH is 1. The molecule has 1 heterocycles. The van der Waals surface area contributed by atoms with E-state index in [1.54, 1.807) is 0 Å². The van der Waals surface area contributed by atoms with E-state index in [0.717, 1.165) is 6.42 Å². The molecule has 108 valence electrons. The van der Waals surface area contributed by atoms with Crippen LogP contribution in [0.25, 0.3) is 0 Å². The Morgan fingerprint density at radius 1 is 0.944 bits per heavy atom. The first-order valence-corrected chi connectivity index (χ1v) is 8.00. The zero-order valence-corrected chi connectivity index (χ0v) is 12.5. The molecule has 0 aromatic heterocycles. The summed E-state index contributed by atoms with van der Waals surface area (Å²) in [7, 11) is 0. The first-order valence-electron chi connectivity index (χ1n) is 8.00. The first kappa shape index (κ1) is 16.0. The van der Waals surface area contributed by atoms with Gasteiger partial charge in [-0.1, -0.05) is 72.1 Å². The quantitative estimate of drug-likeness (QED) is 0.441. The maximum Gasteiger partial charge on any atom is 0.110 e. The Hall–Kier alpha value is -0.0800. The fraction of sp³-hybridized carbons (Fsp3) is 1.00. The van der Waals surface area contributed by atoms with Crippen LogP contribution in [-0.2, 0) is 4.74 Å². The van der Waals surface area contributed by atoms with Gasteiger partial charge in [-0.25, -0.2) is 0 Å². The lowest BCUT2D eigenvalue weighted by atomic mass is 10.00. The van der Waals surface area contributed by atoms with Crippen LogP contribution in [-0.4, -0.2) is 23.4 Å². The van der Waals surface area contributed by atoms with E-state index in [4.69, 9.17) is 4.74 Å². The fourth-order valence-corrected chi connectivity index (χ4v) is 2.55. The number of unbranched alkanes of at least 4 members (excludes halogenated alkanes) is 7. The number of epoxide rings is 1. The minimum absolute atomic E-state index is 0.134. The Kier molecular flexibility index (Phi) is 7.92. The number of rotatable bonds is 11. The van der Waals surface area contributed by atoms with E-state index < -0.39 is 0 Å². The number of hydrogen-bond donors (Lipinski definition) is 1. The molecule has 2 heteroatoms. The molecule has 1 rings (SSSR count). The van der Waals surface area contributed by atoms with Crippen LogP contribution in [0.3, 0.4) is 0 Å².